The predicted molar refractivity (Wildman–Crippen MR) is 272 cm³/mol. The average Bonchev–Trinajstić information content (AvgIpc) is 4.31. The van der Waals surface area contributed by atoms with E-state index < -0.39 is 141 Å². The van der Waals surface area contributed by atoms with Crippen LogP contribution in [0.2, 0.25) is 0 Å². The third kappa shape index (κ3) is 17.4. The minimum atomic E-state index is -3.22. The smallest absolute Gasteiger partial charge is 0.326 e. The number of carboxylic acid groups (broad SMARTS) is 6. The van der Waals surface area contributed by atoms with Gasteiger partial charge in [-0.1, -0.05) is 0 Å². The van der Waals surface area contributed by atoms with Gasteiger partial charge in [-0.2, -0.15) is 5.26 Å². The highest BCUT2D eigenvalue weighted by atomic mass is 19.3. The number of aromatic nitrogens is 5. The van der Waals surface area contributed by atoms with Crippen LogP contribution in [0.25, 0.3) is 10.9 Å². The number of alkyl halides is 2. The standard InChI is InChI=1S/C50H57F2N13O18/c51-50(52)19-28(20-53)65(27-50)41(68)21-57-43(70)30-4-5-54-34-3-2-29(16-31(30)34)83-15-1-8-60-11-13-62(14-12-60)42(69)26-61(22-37-55-6-9-63(37)24-39(66)58-35(48(79)80)17-32(44(71)72)45(73)74)23-38-56-7-10-64(38)25-40(67)59-36(49(81)82)18-33(46(75)76)47(77)78/h2-7,9-10,16,28,32-33,35-36H,1,8,11-15,17-19,21-27H2,(H,57,70)(H,58,66)(H,59,67)(H,71,72)(H,73,74)(H,75,76)(H,77,78)(H,79,80)(H,81,82)/t28-,35-,36-/m0/s1. The first kappa shape index (κ1) is 62.5. The SMILES string of the molecule is N#C[C@@H]1CC(F)(F)CN1C(=O)CNC(=O)c1ccnc2ccc(OCCCN3CCN(C(=O)CN(Cc4nccn4CC(=O)N[C@@H](CC(C(=O)O)C(=O)O)C(=O)O)Cc4nccn4CC(=O)N[C@@H](CC(C(=O)O)C(=O)O)C(=O)O)CC3)cc12. The largest absolute Gasteiger partial charge is 0.494 e. The van der Waals surface area contributed by atoms with Crippen LogP contribution in [0.5, 0.6) is 5.75 Å². The summed E-state index contributed by atoms with van der Waals surface area (Å²) in [6.07, 6.45) is 4.44. The highest BCUT2D eigenvalue weighted by Gasteiger charge is 2.47. The zero-order valence-corrected chi connectivity index (χ0v) is 43.9. The van der Waals surface area contributed by atoms with E-state index in [4.69, 9.17) is 4.74 Å². The number of nitrogens with one attached hydrogen (secondary N) is 3. The zero-order chi connectivity index (χ0) is 60.7. The Labute approximate surface area is 468 Å². The van der Waals surface area contributed by atoms with Crippen LogP contribution in [0, 0.1) is 23.2 Å². The molecule has 83 heavy (non-hydrogen) atoms. The molecule has 0 unspecified atom stereocenters. The number of likely N-dealkylation sites (tertiary alicyclic amines) is 1. The molecule has 9 N–H and O–H groups in total. The molecule has 2 aliphatic heterocycles. The summed E-state index contributed by atoms with van der Waals surface area (Å²) in [5.41, 5.74) is 0.570. The fraction of sp³-hybridized carbons (Fsp3) is 0.460. The lowest BCUT2D eigenvalue weighted by Crippen LogP contribution is -2.51. The van der Waals surface area contributed by atoms with Gasteiger partial charge in [0.2, 0.25) is 23.6 Å². The van der Waals surface area contributed by atoms with Crippen LogP contribution in [0.4, 0.5) is 8.78 Å². The van der Waals surface area contributed by atoms with Crippen LogP contribution in [0.15, 0.2) is 55.2 Å². The average molecular weight is 1170 g/mol. The summed E-state index contributed by atoms with van der Waals surface area (Å²) in [7, 11) is 0. The first-order valence-corrected chi connectivity index (χ1v) is 25.4. The number of rotatable bonds is 30. The highest BCUT2D eigenvalue weighted by molar-refractivity contribution is 6.07. The lowest BCUT2D eigenvalue weighted by atomic mass is 10.00. The number of hydrogen-bond donors (Lipinski definition) is 9. The number of benzene rings is 1. The van der Waals surface area contributed by atoms with Crippen molar-refractivity contribution in [1.29, 1.82) is 5.26 Å². The molecule has 3 atom stereocenters. The summed E-state index contributed by atoms with van der Waals surface area (Å²) < 4.78 is 36.4. The molecule has 33 heteroatoms. The van der Waals surface area contributed by atoms with E-state index in [1.54, 1.807) is 34.1 Å². The van der Waals surface area contributed by atoms with Crippen molar-refractivity contribution in [2.45, 2.75) is 75.9 Å². The topological polar surface area (TPSA) is 440 Å². The molecule has 2 aliphatic rings. The second-order valence-electron chi connectivity index (χ2n) is 19.3. The van der Waals surface area contributed by atoms with Gasteiger partial charge in [-0.05, 0) is 30.7 Å². The first-order chi connectivity index (χ1) is 39.3. The van der Waals surface area contributed by atoms with E-state index in [0.717, 1.165) is 4.90 Å². The molecule has 5 heterocycles. The van der Waals surface area contributed by atoms with E-state index in [0.29, 0.717) is 42.7 Å². The maximum atomic E-state index is 14.1. The molecule has 0 bridgehead atoms. The summed E-state index contributed by atoms with van der Waals surface area (Å²) in [6.45, 7) is -1.27. The molecular weight excluding hydrogens is 1110 g/mol. The number of imidazole rings is 2. The predicted octanol–water partition coefficient (Wildman–Crippen LogP) is -1.78. The number of carbonyl (C=O) groups is 11. The quantitative estimate of drug-likeness (QED) is 0.0206. The molecule has 2 fully saturated rings. The molecule has 0 saturated carbocycles. The lowest BCUT2D eigenvalue weighted by Gasteiger charge is -2.35. The summed E-state index contributed by atoms with van der Waals surface area (Å²) >= 11 is 0. The van der Waals surface area contributed by atoms with Gasteiger partial charge in [0, 0.05) is 88.4 Å². The van der Waals surface area contributed by atoms with Gasteiger partial charge in [0.25, 0.3) is 11.8 Å². The second-order valence-corrected chi connectivity index (χ2v) is 19.3. The van der Waals surface area contributed by atoms with Crippen molar-refractivity contribution in [3.05, 3.63) is 72.5 Å². The highest BCUT2D eigenvalue weighted by Crippen LogP contribution is 2.32. The Balaban J connectivity index is 1.07. The van der Waals surface area contributed by atoms with E-state index >= 15 is 0 Å². The number of nitrogens with zero attached hydrogens (tertiary/aromatic N) is 10. The van der Waals surface area contributed by atoms with Gasteiger partial charge in [-0.15, -0.1) is 0 Å². The Morgan fingerprint density at radius 1 is 0.723 bits per heavy atom. The van der Waals surface area contributed by atoms with Gasteiger partial charge in [-0.3, -0.25) is 57.9 Å². The van der Waals surface area contributed by atoms with Crippen LogP contribution < -0.4 is 20.7 Å². The van der Waals surface area contributed by atoms with Crippen molar-refractivity contribution in [1.82, 2.24) is 59.6 Å². The number of piperazine rings is 1. The van der Waals surface area contributed by atoms with E-state index in [2.05, 4.69) is 35.8 Å². The van der Waals surface area contributed by atoms with Crippen molar-refractivity contribution < 1.29 is 96.9 Å². The van der Waals surface area contributed by atoms with E-state index in [1.165, 1.54) is 46.2 Å². The van der Waals surface area contributed by atoms with Crippen molar-refractivity contribution in [3.8, 4) is 11.8 Å². The maximum absolute atomic E-state index is 14.1. The molecule has 6 rings (SSSR count). The Bertz CT molecular complexity index is 3020. The molecule has 3 aromatic heterocycles. The van der Waals surface area contributed by atoms with Gasteiger partial charge in [0.15, 0.2) is 11.8 Å². The zero-order valence-electron chi connectivity index (χ0n) is 43.9. The molecule has 4 aromatic rings. The molecular formula is C50H57F2N13O18. The Kier molecular flexibility index (Phi) is 21.2. The minimum Gasteiger partial charge on any atom is -0.494 e. The maximum Gasteiger partial charge on any atom is 0.326 e. The number of carbonyl (C=O) groups excluding carboxylic acids is 5. The first-order valence-electron chi connectivity index (χ1n) is 25.4. The number of carboxylic acids is 6. The van der Waals surface area contributed by atoms with Crippen LogP contribution in [0.3, 0.4) is 0 Å². The normalized spacial score (nSPS) is 15.8. The molecule has 0 aliphatic carbocycles. The van der Waals surface area contributed by atoms with Gasteiger partial charge in [-0.25, -0.2) is 28.3 Å². The molecule has 444 valence electrons. The van der Waals surface area contributed by atoms with Crippen LogP contribution >= 0.6 is 0 Å². The fourth-order valence-electron chi connectivity index (χ4n) is 9.11. The molecule has 1 aromatic carbocycles. The summed E-state index contributed by atoms with van der Waals surface area (Å²) in [5, 5.41) is 72.8. The molecule has 31 nitrogen and oxygen atoms in total. The van der Waals surface area contributed by atoms with Crippen LogP contribution in [-0.4, -0.2) is 223 Å². The Morgan fingerprint density at radius 3 is 1.77 bits per heavy atom. The third-order valence-electron chi connectivity index (χ3n) is 13.4. The fourth-order valence-corrected chi connectivity index (χ4v) is 9.11. The molecule has 2 saturated heterocycles. The minimum absolute atomic E-state index is 0.134. The summed E-state index contributed by atoms with van der Waals surface area (Å²) in [4.78, 5) is 155. The van der Waals surface area contributed by atoms with Gasteiger partial charge in [0.1, 0.15) is 48.6 Å². The number of nitriles is 1. The number of ether oxygens (including phenoxy) is 1. The Morgan fingerprint density at radius 2 is 1.27 bits per heavy atom. The summed E-state index contributed by atoms with van der Waals surface area (Å²) in [6, 6.07) is 2.85. The monoisotopic (exact) mass is 1170 g/mol. The Hall–Kier alpha value is -9.71. The number of halogens is 2. The van der Waals surface area contributed by atoms with Crippen LogP contribution in [0.1, 0.15) is 47.7 Å². The van der Waals surface area contributed by atoms with E-state index in [1.807, 2.05) is 0 Å². The molecule has 0 spiro atoms. The number of hydrogen-bond acceptors (Lipinski definition) is 18. The van der Waals surface area contributed by atoms with Gasteiger partial charge < -0.3 is 70.3 Å². The lowest BCUT2D eigenvalue weighted by molar-refractivity contribution is -0.158. The van der Waals surface area contributed by atoms with Crippen molar-refractivity contribution in [2.75, 3.05) is 59.0 Å². The van der Waals surface area contributed by atoms with Crippen LogP contribution in [-0.2, 0) is 74.1 Å². The molecule has 0 radical (unpaired) electrons. The number of amides is 5. The van der Waals surface area contributed by atoms with Gasteiger partial charge in [0.05, 0.1) is 56.5 Å². The van der Waals surface area contributed by atoms with Gasteiger partial charge >= 0.3 is 35.8 Å². The molecule has 5 amide bonds. The number of aliphatic carboxylic acids is 6. The number of fused-ring (bicyclic) bond motifs is 1. The van der Waals surface area contributed by atoms with Crippen molar-refractivity contribution in [3.63, 3.8) is 0 Å². The third-order valence-corrected chi connectivity index (χ3v) is 13.4. The van der Waals surface area contributed by atoms with E-state index in [-0.39, 0.29) is 62.5 Å². The number of pyridine rings is 1. The second kappa shape index (κ2) is 28.1. The van der Waals surface area contributed by atoms with Crippen molar-refractivity contribution in [2.24, 2.45) is 11.8 Å². The van der Waals surface area contributed by atoms with E-state index in [9.17, 15) is 97.4 Å². The van der Waals surface area contributed by atoms with Crippen molar-refractivity contribution >= 4 is 76.3 Å². The summed E-state index contributed by atoms with van der Waals surface area (Å²) in [5.74, 6) is -21.4.